The number of anilines is 1. The van der Waals surface area contributed by atoms with Gasteiger partial charge in [0.25, 0.3) is 0 Å². The molecular weight excluding hydrogens is 274 g/mol. The number of hydrogen-bond donors (Lipinski definition) is 1. The van der Waals surface area contributed by atoms with E-state index in [4.69, 9.17) is 17.3 Å². The van der Waals surface area contributed by atoms with Crippen molar-refractivity contribution in [2.24, 2.45) is 11.8 Å². The van der Waals surface area contributed by atoms with E-state index in [0.717, 1.165) is 12.8 Å². The fourth-order valence-corrected chi connectivity index (χ4v) is 3.58. The molecule has 0 bridgehead atoms. The van der Waals surface area contributed by atoms with Crippen LogP contribution in [0.2, 0.25) is 5.15 Å². The molecule has 0 amide bonds. The molecule has 0 radical (unpaired) electrons. The molecule has 5 nitrogen and oxygen atoms in total. The van der Waals surface area contributed by atoms with Gasteiger partial charge >= 0.3 is 0 Å². The maximum absolute atomic E-state index is 6.07. The van der Waals surface area contributed by atoms with E-state index in [0.29, 0.717) is 28.2 Å². The molecule has 0 aliphatic heterocycles. The zero-order valence-electron chi connectivity index (χ0n) is 11.7. The largest absolute Gasteiger partial charge is 0.368 e. The van der Waals surface area contributed by atoms with Crippen molar-refractivity contribution in [1.29, 1.82) is 0 Å². The van der Waals surface area contributed by atoms with Gasteiger partial charge in [-0.3, -0.25) is 0 Å². The van der Waals surface area contributed by atoms with Gasteiger partial charge in [-0.2, -0.15) is 9.97 Å². The molecule has 20 heavy (non-hydrogen) atoms. The van der Waals surface area contributed by atoms with Gasteiger partial charge in [0.2, 0.25) is 5.95 Å². The van der Waals surface area contributed by atoms with Gasteiger partial charge in [-0.15, -0.1) is 0 Å². The molecule has 0 aromatic carbocycles. The van der Waals surface area contributed by atoms with E-state index in [1.807, 2.05) is 4.57 Å². The van der Waals surface area contributed by atoms with Crippen LogP contribution >= 0.6 is 11.6 Å². The number of nitrogens with two attached hydrogens (primary N) is 1. The lowest BCUT2D eigenvalue weighted by atomic mass is 9.93. The third-order valence-electron chi connectivity index (χ3n) is 4.36. The lowest BCUT2D eigenvalue weighted by molar-refractivity contribution is 0.438. The van der Waals surface area contributed by atoms with Gasteiger partial charge in [-0.05, 0) is 24.7 Å². The van der Waals surface area contributed by atoms with Gasteiger partial charge in [0.1, 0.15) is 5.52 Å². The quantitative estimate of drug-likeness (QED) is 0.681. The maximum Gasteiger partial charge on any atom is 0.223 e. The first kappa shape index (κ1) is 13.4. The second kappa shape index (κ2) is 4.74. The molecule has 0 spiro atoms. The van der Waals surface area contributed by atoms with Crippen LogP contribution in [-0.2, 0) is 0 Å². The van der Waals surface area contributed by atoms with E-state index in [-0.39, 0.29) is 12.0 Å². The summed E-state index contributed by atoms with van der Waals surface area (Å²) in [6.07, 6.45) is 3.93. The molecule has 1 fully saturated rings. The Morgan fingerprint density at radius 1 is 1.50 bits per heavy atom. The summed E-state index contributed by atoms with van der Waals surface area (Å²) in [5.74, 6) is 1.34. The predicted octanol–water partition coefficient (Wildman–Crippen LogP) is 3.23. The Morgan fingerprint density at radius 2 is 2.25 bits per heavy atom. The first-order valence-electron chi connectivity index (χ1n) is 6.87. The summed E-state index contributed by atoms with van der Waals surface area (Å²) in [5, 5.41) is 0.301. The average Bonchev–Trinajstić information content (AvgIpc) is 2.91. The van der Waals surface area contributed by atoms with Crippen LogP contribution in [0.4, 0.5) is 5.95 Å². The lowest BCUT2D eigenvalue weighted by Crippen LogP contribution is -2.09. The Bertz CT molecular complexity index is 677. The van der Waals surface area contributed by atoms with Crippen LogP contribution in [0, 0.1) is 11.8 Å². The summed E-state index contributed by atoms with van der Waals surface area (Å²) in [6, 6.07) is 0.213. The second-order valence-corrected chi connectivity index (χ2v) is 5.87. The molecule has 0 saturated heterocycles. The maximum atomic E-state index is 6.07. The number of halogens is 1. The van der Waals surface area contributed by atoms with Crippen LogP contribution in [0.25, 0.3) is 11.2 Å². The van der Waals surface area contributed by atoms with E-state index in [1.165, 1.54) is 5.57 Å². The second-order valence-electron chi connectivity index (χ2n) is 5.52. The van der Waals surface area contributed by atoms with E-state index < -0.39 is 0 Å². The van der Waals surface area contributed by atoms with Crippen LogP contribution in [0.5, 0.6) is 0 Å². The van der Waals surface area contributed by atoms with Crippen molar-refractivity contribution in [2.45, 2.75) is 32.7 Å². The molecule has 1 aliphatic carbocycles. The van der Waals surface area contributed by atoms with Gasteiger partial charge in [-0.25, -0.2) is 4.98 Å². The number of nitrogen functional groups attached to an aromatic ring is 1. The van der Waals surface area contributed by atoms with Crippen LogP contribution in [0.3, 0.4) is 0 Å². The number of fused-ring (bicyclic) bond motifs is 1. The average molecular weight is 292 g/mol. The first-order chi connectivity index (χ1) is 9.52. The highest BCUT2D eigenvalue weighted by Crippen LogP contribution is 2.45. The molecule has 2 aromatic rings. The number of hydrogen-bond acceptors (Lipinski definition) is 4. The molecule has 2 heterocycles. The van der Waals surface area contributed by atoms with Gasteiger partial charge < -0.3 is 10.3 Å². The predicted molar refractivity (Wildman–Crippen MR) is 80.5 cm³/mol. The standard InChI is InChI=1S/C14H18ClN5/c1-4-9-7(2)5-10(8(9)3)20-6-17-11-12(15)18-14(16)19-13(11)20/h6-7,9-10H,3-5H2,1-2H3,(H2,16,18,19)/t7-,9+,10-/m0/s1. The molecule has 1 saturated carbocycles. The van der Waals surface area contributed by atoms with Crippen LogP contribution < -0.4 is 5.73 Å². The summed E-state index contributed by atoms with van der Waals surface area (Å²) in [5.41, 5.74) is 8.23. The Morgan fingerprint density at radius 3 is 2.90 bits per heavy atom. The first-order valence-corrected chi connectivity index (χ1v) is 7.25. The minimum absolute atomic E-state index is 0.174. The van der Waals surface area contributed by atoms with Crippen LogP contribution in [0.15, 0.2) is 18.5 Å². The smallest absolute Gasteiger partial charge is 0.223 e. The van der Waals surface area contributed by atoms with E-state index in [9.17, 15) is 0 Å². The highest BCUT2D eigenvalue weighted by molar-refractivity contribution is 6.33. The van der Waals surface area contributed by atoms with Crippen molar-refractivity contribution in [3.63, 3.8) is 0 Å². The summed E-state index contributed by atoms with van der Waals surface area (Å²) < 4.78 is 2.04. The minimum atomic E-state index is 0.174. The van der Waals surface area contributed by atoms with Gasteiger partial charge in [0.05, 0.1) is 12.4 Å². The summed E-state index contributed by atoms with van der Waals surface area (Å²) in [6.45, 7) is 8.77. The molecule has 1 aliphatic rings. The normalized spacial score (nSPS) is 26.6. The Labute approximate surface area is 122 Å². The van der Waals surface area contributed by atoms with Crippen molar-refractivity contribution in [2.75, 3.05) is 5.73 Å². The summed E-state index contributed by atoms with van der Waals surface area (Å²) in [7, 11) is 0. The highest BCUT2D eigenvalue weighted by atomic mass is 35.5. The highest BCUT2D eigenvalue weighted by Gasteiger charge is 2.35. The van der Waals surface area contributed by atoms with Crippen LogP contribution in [0.1, 0.15) is 32.7 Å². The van der Waals surface area contributed by atoms with E-state index in [1.54, 1.807) is 6.33 Å². The van der Waals surface area contributed by atoms with Crippen molar-refractivity contribution < 1.29 is 0 Å². The topological polar surface area (TPSA) is 69.6 Å². The zero-order valence-corrected chi connectivity index (χ0v) is 12.4. The molecule has 3 rings (SSSR count). The SMILES string of the molecule is C=C1[C@H](CC)[C@@H](C)C[C@@H]1n1cnc2c(Cl)nc(N)nc21. The molecule has 6 heteroatoms. The van der Waals surface area contributed by atoms with Crippen molar-refractivity contribution in [3.05, 3.63) is 23.6 Å². The fourth-order valence-electron chi connectivity index (χ4n) is 3.36. The van der Waals surface area contributed by atoms with Crippen molar-refractivity contribution in [1.82, 2.24) is 19.5 Å². The number of imidazole rings is 1. The Balaban J connectivity index is 2.10. The number of aromatic nitrogens is 4. The minimum Gasteiger partial charge on any atom is -0.368 e. The van der Waals surface area contributed by atoms with Gasteiger partial charge in [0.15, 0.2) is 10.8 Å². The van der Waals surface area contributed by atoms with Gasteiger partial charge in [0, 0.05) is 0 Å². The molecular formula is C14H18ClN5. The fraction of sp³-hybridized carbons (Fsp3) is 0.500. The third kappa shape index (κ3) is 1.88. The Kier molecular flexibility index (Phi) is 3.17. The third-order valence-corrected chi connectivity index (χ3v) is 4.62. The van der Waals surface area contributed by atoms with Crippen molar-refractivity contribution in [3.8, 4) is 0 Å². The van der Waals surface area contributed by atoms with Gasteiger partial charge in [-0.1, -0.05) is 37.6 Å². The van der Waals surface area contributed by atoms with E-state index >= 15 is 0 Å². The van der Waals surface area contributed by atoms with E-state index in [2.05, 4.69) is 35.4 Å². The number of allylic oxidation sites excluding steroid dienone is 1. The monoisotopic (exact) mass is 291 g/mol. The Hall–Kier alpha value is -1.62. The number of nitrogens with zero attached hydrogens (tertiary/aromatic N) is 4. The number of rotatable bonds is 2. The van der Waals surface area contributed by atoms with Crippen molar-refractivity contribution >= 4 is 28.7 Å². The molecule has 2 aromatic heterocycles. The molecule has 3 atom stereocenters. The molecule has 106 valence electrons. The van der Waals surface area contributed by atoms with Crippen LogP contribution in [-0.4, -0.2) is 19.5 Å². The summed E-state index contributed by atoms with van der Waals surface area (Å²) >= 11 is 6.07. The molecule has 2 N–H and O–H groups in total. The zero-order chi connectivity index (χ0) is 14.4. The summed E-state index contributed by atoms with van der Waals surface area (Å²) in [4.78, 5) is 12.6. The molecule has 0 unspecified atom stereocenters. The lowest BCUT2D eigenvalue weighted by Gasteiger charge is -2.16.